The molecule has 0 saturated carbocycles. The molecule has 3 rings (SSSR count). The van der Waals surface area contributed by atoms with E-state index >= 15 is 0 Å². The van der Waals surface area contributed by atoms with Crippen LogP contribution in [0.15, 0.2) is 48.5 Å². The first-order valence-electron chi connectivity index (χ1n) is 10.5. The van der Waals surface area contributed by atoms with Crippen LogP contribution in [0.2, 0.25) is 0 Å². The van der Waals surface area contributed by atoms with Crippen LogP contribution in [0.25, 0.3) is 0 Å². The molecule has 156 valence electrons. The second-order valence-electron chi connectivity index (χ2n) is 8.28. The fourth-order valence-electron chi connectivity index (χ4n) is 3.71. The van der Waals surface area contributed by atoms with Crippen molar-refractivity contribution in [3.05, 3.63) is 65.2 Å². The molecule has 0 aliphatic carbocycles. The van der Waals surface area contributed by atoms with Crippen LogP contribution >= 0.6 is 0 Å². The number of carbonyl (C=O) groups is 1. The Morgan fingerprint density at radius 1 is 0.966 bits per heavy atom. The van der Waals surface area contributed by atoms with Crippen LogP contribution < -0.4 is 4.90 Å². The number of benzene rings is 2. The van der Waals surface area contributed by atoms with Gasteiger partial charge in [0, 0.05) is 52.0 Å². The summed E-state index contributed by atoms with van der Waals surface area (Å²) in [7, 11) is 2.15. The van der Waals surface area contributed by atoms with Crippen molar-refractivity contribution in [1.82, 2.24) is 9.80 Å². The summed E-state index contributed by atoms with van der Waals surface area (Å²) in [6.07, 6.45) is 0.204. The van der Waals surface area contributed by atoms with Gasteiger partial charge in [-0.1, -0.05) is 50.2 Å². The van der Waals surface area contributed by atoms with Crippen molar-refractivity contribution in [2.75, 3.05) is 44.7 Å². The molecule has 1 saturated heterocycles. The predicted molar refractivity (Wildman–Crippen MR) is 119 cm³/mol. The van der Waals surface area contributed by atoms with Gasteiger partial charge in [-0.2, -0.15) is 0 Å². The molecule has 1 heterocycles. The quantitative estimate of drug-likeness (QED) is 0.760. The molecule has 29 heavy (non-hydrogen) atoms. The third-order valence-corrected chi connectivity index (χ3v) is 5.81. The molecule has 1 aliphatic heterocycles. The Morgan fingerprint density at radius 3 is 2.10 bits per heavy atom. The van der Waals surface area contributed by atoms with E-state index in [0.29, 0.717) is 19.0 Å². The van der Waals surface area contributed by atoms with Crippen molar-refractivity contribution >= 4 is 11.8 Å². The Labute approximate surface area is 174 Å². The zero-order chi connectivity index (χ0) is 20.8. The maximum absolute atomic E-state index is 11.0. The van der Waals surface area contributed by atoms with Crippen LogP contribution in [0.5, 0.6) is 0 Å². The van der Waals surface area contributed by atoms with Gasteiger partial charge >= 0.3 is 6.09 Å². The van der Waals surface area contributed by atoms with Gasteiger partial charge in [-0.15, -0.1) is 0 Å². The SMILES string of the molecule is CC(C)c1ccc(N(C)CCc2ccc(CN3CCN(C(=O)O)CC3)cc2)cc1. The Kier molecular flexibility index (Phi) is 7.15. The summed E-state index contributed by atoms with van der Waals surface area (Å²) in [6.45, 7) is 9.10. The second-order valence-corrected chi connectivity index (χ2v) is 8.28. The molecule has 1 fully saturated rings. The molecule has 1 amide bonds. The number of hydrogen-bond donors (Lipinski definition) is 1. The van der Waals surface area contributed by atoms with Gasteiger partial charge in [-0.05, 0) is 41.2 Å². The van der Waals surface area contributed by atoms with Crippen LogP contribution in [-0.2, 0) is 13.0 Å². The monoisotopic (exact) mass is 395 g/mol. The highest BCUT2D eigenvalue weighted by atomic mass is 16.4. The van der Waals surface area contributed by atoms with Gasteiger partial charge in [-0.3, -0.25) is 4.90 Å². The van der Waals surface area contributed by atoms with Crippen LogP contribution in [0.3, 0.4) is 0 Å². The number of carboxylic acid groups (broad SMARTS) is 1. The van der Waals surface area contributed by atoms with Crippen molar-refractivity contribution in [3.8, 4) is 0 Å². The lowest BCUT2D eigenvalue weighted by Gasteiger charge is -2.33. The third-order valence-electron chi connectivity index (χ3n) is 5.81. The van der Waals surface area contributed by atoms with E-state index in [-0.39, 0.29) is 0 Å². The van der Waals surface area contributed by atoms with Gasteiger partial charge in [0.1, 0.15) is 0 Å². The zero-order valence-electron chi connectivity index (χ0n) is 17.8. The number of anilines is 1. The van der Waals surface area contributed by atoms with Crippen LogP contribution in [0.1, 0.15) is 36.5 Å². The van der Waals surface area contributed by atoms with E-state index in [1.54, 1.807) is 0 Å². The van der Waals surface area contributed by atoms with Crippen LogP contribution in [0.4, 0.5) is 10.5 Å². The number of likely N-dealkylation sites (N-methyl/N-ethyl adjacent to an activating group) is 1. The van der Waals surface area contributed by atoms with Gasteiger partial charge in [0.05, 0.1) is 0 Å². The summed E-state index contributed by atoms with van der Waals surface area (Å²) in [5.41, 5.74) is 5.26. The number of piperazine rings is 1. The van der Waals surface area contributed by atoms with Crippen LogP contribution in [-0.4, -0.2) is 60.8 Å². The summed E-state index contributed by atoms with van der Waals surface area (Å²) in [4.78, 5) is 17.1. The highest BCUT2D eigenvalue weighted by Gasteiger charge is 2.20. The molecule has 2 aromatic carbocycles. The molecule has 0 bridgehead atoms. The lowest BCUT2D eigenvalue weighted by molar-refractivity contribution is 0.103. The largest absolute Gasteiger partial charge is 0.465 e. The van der Waals surface area contributed by atoms with E-state index in [1.165, 1.54) is 27.3 Å². The normalized spacial score (nSPS) is 15.0. The molecule has 1 N–H and O–H groups in total. The maximum Gasteiger partial charge on any atom is 0.407 e. The van der Waals surface area contributed by atoms with Gasteiger partial charge in [0.2, 0.25) is 0 Å². The van der Waals surface area contributed by atoms with E-state index in [1.807, 2.05) is 0 Å². The second kappa shape index (κ2) is 9.79. The fourth-order valence-corrected chi connectivity index (χ4v) is 3.71. The summed E-state index contributed by atoms with van der Waals surface area (Å²) in [5.74, 6) is 0.564. The van der Waals surface area contributed by atoms with Gasteiger partial charge in [-0.25, -0.2) is 4.79 Å². The van der Waals surface area contributed by atoms with E-state index in [9.17, 15) is 4.79 Å². The molecular formula is C24H33N3O2. The minimum Gasteiger partial charge on any atom is -0.465 e. The summed E-state index contributed by atoms with van der Waals surface area (Å²) >= 11 is 0. The van der Waals surface area contributed by atoms with Crippen LogP contribution in [0, 0.1) is 0 Å². The highest BCUT2D eigenvalue weighted by molar-refractivity contribution is 5.65. The lowest BCUT2D eigenvalue weighted by atomic mass is 10.0. The molecule has 0 atom stereocenters. The Balaban J connectivity index is 1.46. The fraction of sp³-hybridized carbons (Fsp3) is 0.458. The summed E-state index contributed by atoms with van der Waals surface area (Å²) < 4.78 is 0. The first kappa shape index (κ1) is 21.2. The van der Waals surface area contributed by atoms with Crippen molar-refractivity contribution in [2.45, 2.75) is 32.7 Å². The summed E-state index contributed by atoms with van der Waals surface area (Å²) in [5, 5.41) is 9.04. The van der Waals surface area contributed by atoms with Crippen molar-refractivity contribution in [2.24, 2.45) is 0 Å². The minimum atomic E-state index is -0.810. The van der Waals surface area contributed by atoms with E-state index in [0.717, 1.165) is 32.6 Å². The molecule has 0 aromatic heterocycles. The Bertz CT molecular complexity index is 779. The van der Waals surface area contributed by atoms with E-state index in [2.05, 4.69) is 79.2 Å². The van der Waals surface area contributed by atoms with Crippen molar-refractivity contribution in [1.29, 1.82) is 0 Å². The molecule has 0 spiro atoms. The van der Waals surface area contributed by atoms with E-state index in [4.69, 9.17) is 5.11 Å². The molecule has 0 radical (unpaired) electrons. The molecule has 2 aromatic rings. The van der Waals surface area contributed by atoms with E-state index < -0.39 is 6.09 Å². The number of amides is 1. The third kappa shape index (κ3) is 5.97. The minimum absolute atomic E-state index is 0.564. The number of hydrogen-bond acceptors (Lipinski definition) is 3. The highest BCUT2D eigenvalue weighted by Crippen LogP contribution is 2.20. The van der Waals surface area contributed by atoms with Gasteiger partial charge in [0.15, 0.2) is 0 Å². The van der Waals surface area contributed by atoms with Gasteiger partial charge in [0.25, 0.3) is 0 Å². The van der Waals surface area contributed by atoms with Crippen molar-refractivity contribution in [3.63, 3.8) is 0 Å². The standard InChI is InChI=1S/C24H33N3O2/c1-19(2)22-8-10-23(11-9-22)25(3)13-12-20-4-6-21(7-5-20)18-26-14-16-27(17-15-26)24(28)29/h4-11,19H,12-18H2,1-3H3,(H,28,29). The van der Waals surface area contributed by atoms with Crippen molar-refractivity contribution < 1.29 is 9.90 Å². The van der Waals surface area contributed by atoms with Gasteiger partial charge < -0.3 is 14.9 Å². The lowest BCUT2D eigenvalue weighted by Crippen LogP contribution is -2.47. The predicted octanol–water partition coefficient (Wildman–Crippen LogP) is 4.28. The Morgan fingerprint density at radius 2 is 1.55 bits per heavy atom. The number of nitrogens with zero attached hydrogens (tertiary/aromatic N) is 3. The zero-order valence-corrected chi connectivity index (χ0v) is 17.8. The molecule has 5 heteroatoms. The maximum atomic E-state index is 11.0. The first-order valence-corrected chi connectivity index (χ1v) is 10.5. The smallest absolute Gasteiger partial charge is 0.407 e. The molecule has 0 unspecified atom stereocenters. The first-order chi connectivity index (χ1) is 13.9. The average molecular weight is 396 g/mol. The average Bonchev–Trinajstić information content (AvgIpc) is 2.73. The molecule has 1 aliphatic rings. The Hall–Kier alpha value is -2.53. The topological polar surface area (TPSA) is 47.0 Å². The molecule has 5 nitrogen and oxygen atoms in total. The number of rotatable bonds is 7. The molecular weight excluding hydrogens is 362 g/mol. The summed E-state index contributed by atoms with van der Waals surface area (Å²) in [6, 6.07) is 17.7.